The second kappa shape index (κ2) is 10.3. The lowest BCUT2D eigenvalue weighted by atomic mass is 9.80. The van der Waals surface area contributed by atoms with Gasteiger partial charge >= 0.3 is 72.1 Å². The van der Waals surface area contributed by atoms with Crippen LogP contribution in [0.5, 0.6) is 0 Å². The van der Waals surface area contributed by atoms with E-state index in [2.05, 4.69) is 0 Å². The van der Waals surface area contributed by atoms with Crippen LogP contribution in [-0.2, 0) is 22.7 Å². The molecule has 2 nitrogen and oxygen atoms in total. The summed E-state index contributed by atoms with van der Waals surface area (Å²) in [5.74, 6) is -5.29. The number of nitrogens with zero attached hydrogens (tertiary/aromatic N) is 2. The van der Waals surface area contributed by atoms with E-state index in [9.17, 15) is 123 Å². The Labute approximate surface area is 229 Å². The normalized spacial score (nSPS) is 16.3. The highest BCUT2D eigenvalue weighted by Gasteiger charge is 2.85. The summed E-state index contributed by atoms with van der Waals surface area (Å²) in [7, 11) is 0. The summed E-state index contributed by atoms with van der Waals surface area (Å²) in [6, 6.07) is 0. The van der Waals surface area contributed by atoms with Crippen molar-refractivity contribution in [3.63, 3.8) is 0 Å². The van der Waals surface area contributed by atoms with Gasteiger partial charge in [-0.2, -0.15) is 105 Å². The lowest BCUT2D eigenvalue weighted by molar-refractivity contribution is -0.368. The fourth-order valence-electron chi connectivity index (χ4n) is 3.16. The number of hydrogen-bond acceptors (Lipinski definition) is 2. The van der Waals surface area contributed by atoms with Crippen LogP contribution in [0.3, 0.4) is 0 Å². The minimum atomic E-state index is -8.93. The molecule has 1 rings (SSSR count). The quantitative estimate of drug-likeness (QED) is 0.287. The first-order valence-electron chi connectivity index (χ1n) is 9.69. The van der Waals surface area contributed by atoms with E-state index in [0.29, 0.717) is 9.97 Å². The van der Waals surface area contributed by atoms with Gasteiger partial charge in [0.1, 0.15) is 11.4 Å². The molecule has 0 saturated carbocycles. The van der Waals surface area contributed by atoms with Crippen LogP contribution in [0.25, 0.3) is 0 Å². The van der Waals surface area contributed by atoms with Gasteiger partial charge < -0.3 is 0 Å². The fraction of sp³-hybridized carbons (Fsp3) is 0.750. The minimum Gasteiger partial charge on any atom is -0.229 e. The van der Waals surface area contributed by atoms with Crippen molar-refractivity contribution in [2.45, 2.75) is 72.1 Å². The Morgan fingerprint density at radius 1 is 0.239 bits per heavy atom. The molecule has 0 bridgehead atoms. The van der Waals surface area contributed by atoms with Gasteiger partial charge in [-0.05, 0) is 0 Å². The summed E-state index contributed by atoms with van der Waals surface area (Å²) in [5.41, 5.74) is -52.8. The van der Waals surface area contributed by atoms with E-state index in [1.165, 1.54) is 0 Å². The zero-order chi connectivity index (χ0) is 37.7. The molecule has 0 unspecified atom stereocenters. The Morgan fingerprint density at radius 3 is 0.565 bits per heavy atom. The standard InChI is InChI=1S/C16F28N2/c17-5(9(21,22)23,10(24,25)26)1-2(6(18,11(27,28)29)12(30,31)32)45-4(8(20,15(39,40)41)16(42,43)44)46-3(1)7(19,13(33,34)35)14(36,37)38. The average molecular weight is 752 g/mol. The lowest BCUT2D eigenvalue weighted by Gasteiger charge is -2.40. The first-order valence-corrected chi connectivity index (χ1v) is 9.69. The third-order valence-corrected chi connectivity index (χ3v) is 5.34. The number of halogens is 28. The van der Waals surface area contributed by atoms with Crippen LogP contribution in [0.4, 0.5) is 123 Å². The lowest BCUT2D eigenvalue weighted by Crippen LogP contribution is -2.60. The molecule has 0 spiro atoms. The zero-order valence-electron chi connectivity index (χ0n) is 19.5. The first kappa shape index (κ1) is 41.1. The summed E-state index contributed by atoms with van der Waals surface area (Å²) in [6.45, 7) is 0. The van der Waals surface area contributed by atoms with E-state index in [1.54, 1.807) is 0 Å². The van der Waals surface area contributed by atoms with E-state index < -0.39 is 94.9 Å². The molecule has 0 aromatic carbocycles. The van der Waals surface area contributed by atoms with Crippen molar-refractivity contribution in [2.24, 2.45) is 0 Å². The molecule has 1 aromatic heterocycles. The average Bonchev–Trinajstić information content (AvgIpc) is 2.74. The van der Waals surface area contributed by atoms with Crippen LogP contribution >= 0.6 is 0 Å². The van der Waals surface area contributed by atoms with Crippen molar-refractivity contribution in [3.05, 3.63) is 22.8 Å². The Morgan fingerprint density at radius 2 is 0.413 bits per heavy atom. The highest BCUT2D eigenvalue weighted by molar-refractivity contribution is 5.45. The molecule has 0 atom stereocenters. The van der Waals surface area contributed by atoms with E-state index in [-0.39, 0.29) is 0 Å². The largest absolute Gasteiger partial charge is 0.439 e. The van der Waals surface area contributed by atoms with Crippen molar-refractivity contribution in [1.29, 1.82) is 0 Å². The summed E-state index contributed by atoms with van der Waals surface area (Å²) in [5, 5.41) is 0. The third kappa shape index (κ3) is 5.56. The van der Waals surface area contributed by atoms with E-state index >= 15 is 0 Å². The Balaban J connectivity index is 5.44. The number of hydrogen-bond donors (Lipinski definition) is 0. The van der Waals surface area contributed by atoms with Crippen LogP contribution in [0.15, 0.2) is 0 Å². The molecule has 0 aliphatic carbocycles. The molecule has 1 aromatic rings. The molecule has 30 heteroatoms. The van der Waals surface area contributed by atoms with Crippen LogP contribution in [-0.4, -0.2) is 59.4 Å². The summed E-state index contributed by atoms with van der Waals surface area (Å²) >= 11 is 0. The van der Waals surface area contributed by atoms with Gasteiger partial charge in [0, 0.05) is 0 Å². The van der Waals surface area contributed by atoms with Crippen molar-refractivity contribution >= 4 is 0 Å². The topological polar surface area (TPSA) is 25.8 Å². The van der Waals surface area contributed by atoms with E-state index in [4.69, 9.17) is 0 Å². The maximum absolute atomic E-state index is 14.9. The molecular formula is C16F28N2. The third-order valence-electron chi connectivity index (χ3n) is 5.34. The predicted octanol–water partition coefficient (Wildman–Crippen LogP) is 9.63. The number of aromatic nitrogens is 2. The van der Waals surface area contributed by atoms with Gasteiger partial charge in [0.05, 0.1) is 5.56 Å². The van der Waals surface area contributed by atoms with Gasteiger partial charge in [0.2, 0.25) is 0 Å². The predicted molar refractivity (Wildman–Crippen MR) is 81.6 cm³/mol. The van der Waals surface area contributed by atoms with Crippen molar-refractivity contribution in [3.8, 4) is 0 Å². The highest BCUT2D eigenvalue weighted by atomic mass is 19.5. The second-order valence-corrected chi connectivity index (χ2v) is 8.24. The van der Waals surface area contributed by atoms with Gasteiger partial charge in [-0.15, -0.1) is 0 Å². The molecule has 0 amide bonds. The van der Waals surface area contributed by atoms with Crippen LogP contribution in [0, 0.1) is 0 Å². The molecule has 0 N–H and O–H groups in total. The van der Waals surface area contributed by atoms with Gasteiger partial charge in [-0.25, -0.2) is 27.5 Å². The highest BCUT2D eigenvalue weighted by Crippen LogP contribution is 2.65. The van der Waals surface area contributed by atoms with Gasteiger partial charge in [0.15, 0.2) is 5.82 Å². The van der Waals surface area contributed by atoms with Crippen LogP contribution in [0.2, 0.25) is 0 Å². The van der Waals surface area contributed by atoms with Crippen molar-refractivity contribution < 1.29 is 123 Å². The molecule has 0 aliphatic heterocycles. The monoisotopic (exact) mass is 752 g/mol. The molecule has 0 fully saturated rings. The Hall–Kier alpha value is -2.88. The minimum absolute atomic E-state index is 0.332. The van der Waals surface area contributed by atoms with E-state index in [1.807, 2.05) is 0 Å². The smallest absolute Gasteiger partial charge is 0.229 e. The zero-order valence-corrected chi connectivity index (χ0v) is 19.5. The fourth-order valence-corrected chi connectivity index (χ4v) is 3.16. The molecule has 0 aliphatic rings. The SMILES string of the molecule is FC(F)(F)C(F)(c1nc(C(F)(C(F)(F)F)C(F)(F)F)c(C(F)(C(F)(F)F)C(F)(F)F)c(C(F)(C(F)(F)F)C(F)(F)F)n1)C(F)(F)F. The Bertz CT molecular complexity index is 1160. The maximum Gasteiger partial charge on any atom is 0.439 e. The molecule has 1 heterocycles. The summed E-state index contributed by atoms with van der Waals surface area (Å²) in [4.78, 5) is 0.663. The second-order valence-electron chi connectivity index (χ2n) is 8.24. The van der Waals surface area contributed by atoms with Gasteiger partial charge in [0.25, 0.3) is 0 Å². The molecule has 0 radical (unpaired) electrons. The van der Waals surface area contributed by atoms with Crippen molar-refractivity contribution in [1.82, 2.24) is 9.97 Å². The molecule has 46 heavy (non-hydrogen) atoms. The summed E-state index contributed by atoms with van der Waals surface area (Å²) in [6.07, 6.45) is -68.6. The molecule has 0 saturated heterocycles. The molecular weight excluding hydrogens is 752 g/mol. The first-order chi connectivity index (χ1) is 19.5. The van der Waals surface area contributed by atoms with Crippen molar-refractivity contribution in [2.75, 3.05) is 0 Å². The number of rotatable bonds is 4. The van der Waals surface area contributed by atoms with Gasteiger partial charge in [-0.3, -0.25) is 0 Å². The maximum atomic E-state index is 14.9. The molecule has 270 valence electrons. The summed E-state index contributed by atoms with van der Waals surface area (Å²) < 4.78 is 378. The van der Waals surface area contributed by atoms with Gasteiger partial charge in [-0.1, -0.05) is 0 Å². The van der Waals surface area contributed by atoms with Crippen LogP contribution in [0.1, 0.15) is 22.8 Å². The number of alkyl halides is 28. The Kier molecular flexibility index (Phi) is 9.22. The van der Waals surface area contributed by atoms with Crippen LogP contribution < -0.4 is 0 Å². The van der Waals surface area contributed by atoms with E-state index in [0.717, 1.165) is 0 Å².